The highest BCUT2D eigenvalue weighted by molar-refractivity contribution is 7.92. The number of sulfonamides is 1. The van der Waals surface area contributed by atoms with Crippen LogP contribution in [0.25, 0.3) is 0 Å². The Labute approximate surface area is 106 Å². The number of carbonyl (C=O) groups excluding carboxylic acids is 1. The fraction of sp³-hybridized carbons (Fsp3) is 0.417. The first-order valence-electron chi connectivity index (χ1n) is 5.81. The summed E-state index contributed by atoms with van der Waals surface area (Å²) < 4.78 is 25.2. The number of benzene rings is 1. The normalized spacial score (nSPS) is 14.9. The molecule has 0 atom stereocenters. The van der Waals surface area contributed by atoms with Gasteiger partial charge in [-0.1, -0.05) is 6.07 Å². The Morgan fingerprint density at radius 1 is 1.28 bits per heavy atom. The molecule has 0 spiro atoms. The fourth-order valence-corrected chi connectivity index (χ4v) is 2.94. The Hall–Kier alpha value is -1.56. The molecule has 0 radical (unpaired) electrons. The molecular weight excluding hydrogens is 252 g/mol. The summed E-state index contributed by atoms with van der Waals surface area (Å²) in [5.74, 6) is -0.616. The lowest BCUT2D eigenvalue weighted by Crippen LogP contribution is -2.20. The molecule has 0 bridgehead atoms. The summed E-state index contributed by atoms with van der Waals surface area (Å²) in [4.78, 5) is 11.4. The van der Waals surface area contributed by atoms with Crippen LogP contribution in [0.5, 0.6) is 0 Å². The highest BCUT2D eigenvalue weighted by Gasteiger charge is 2.20. The molecule has 0 heterocycles. The summed E-state index contributed by atoms with van der Waals surface area (Å²) in [6, 6.07) is 3.46. The van der Waals surface area contributed by atoms with E-state index in [1.54, 1.807) is 6.07 Å². The van der Waals surface area contributed by atoms with Gasteiger partial charge in [-0.3, -0.25) is 9.52 Å². The topological polar surface area (TPSA) is 89.3 Å². The van der Waals surface area contributed by atoms with Crippen LogP contribution in [0.4, 0.5) is 5.69 Å². The van der Waals surface area contributed by atoms with E-state index in [-0.39, 0.29) is 5.56 Å². The Morgan fingerprint density at radius 2 is 1.94 bits per heavy atom. The SMILES string of the molecule is CS(=O)(=O)Nc1c(C(N)=O)ccc2c1CCCC2. The third-order valence-electron chi connectivity index (χ3n) is 3.09. The number of carbonyl (C=O) groups is 1. The standard InChI is InChI=1S/C12H16N2O3S/c1-18(16,17)14-11-9-5-3-2-4-8(9)6-7-10(11)12(13)15/h6-7,14H,2-5H2,1H3,(H2,13,15). The van der Waals surface area contributed by atoms with Crippen molar-refractivity contribution in [3.63, 3.8) is 0 Å². The summed E-state index contributed by atoms with van der Waals surface area (Å²) in [6.07, 6.45) is 4.83. The highest BCUT2D eigenvalue weighted by atomic mass is 32.2. The van der Waals surface area contributed by atoms with E-state index >= 15 is 0 Å². The molecule has 0 aliphatic heterocycles. The van der Waals surface area contributed by atoms with E-state index in [9.17, 15) is 13.2 Å². The molecule has 3 N–H and O–H groups in total. The zero-order valence-electron chi connectivity index (χ0n) is 10.2. The predicted octanol–water partition coefficient (Wildman–Crippen LogP) is 1.04. The van der Waals surface area contributed by atoms with Gasteiger partial charge in [-0.25, -0.2) is 8.42 Å². The first-order chi connectivity index (χ1) is 8.38. The maximum absolute atomic E-state index is 11.4. The van der Waals surface area contributed by atoms with Crippen LogP contribution in [0.2, 0.25) is 0 Å². The summed E-state index contributed by atoms with van der Waals surface area (Å²) in [6.45, 7) is 0. The van der Waals surface area contributed by atoms with Gasteiger partial charge in [0, 0.05) is 0 Å². The Kier molecular flexibility index (Phi) is 3.30. The Morgan fingerprint density at radius 3 is 2.56 bits per heavy atom. The van der Waals surface area contributed by atoms with Gasteiger partial charge in [-0.2, -0.15) is 0 Å². The van der Waals surface area contributed by atoms with Crippen molar-refractivity contribution in [1.82, 2.24) is 0 Å². The largest absolute Gasteiger partial charge is 0.366 e. The van der Waals surface area contributed by atoms with Crippen molar-refractivity contribution < 1.29 is 13.2 Å². The average molecular weight is 268 g/mol. The van der Waals surface area contributed by atoms with Gasteiger partial charge in [-0.15, -0.1) is 0 Å². The minimum Gasteiger partial charge on any atom is -0.366 e. The van der Waals surface area contributed by atoms with Crippen molar-refractivity contribution in [3.05, 3.63) is 28.8 Å². The monoisotopic (exact) mass is 268 g/mol. The molecule has 0 fully saturated rings. The molecule has 1 amide bonds. The molecule has 98 valence electrons. The predicted molar refractivity (Wildman–Crippen MR) is 70.1 cm³/mol. The molecular formula is C12H16N2O3S. The van der Waals surface area contributed by atoms with Gasteiger partial charge in [0.25, 0.3) is 5.91 Å². The second-order valence-corrected chi connectivity index (χ2v) is 6.32. The summed E-state index contributed by atoms with van der Waals surface area (Å²) in [5.41, 5.74) is 7.89. The summed E-state index contributed by atoms with van der Waals surface area (Å²) >= 11 is 0. The lowest BCUT2D eigenvalue weighted by Gasteiger charge is -2.21. The number of nitrogens with one attached hydrogen (secondary N) is 1. The lowest BCUT2D eigenvalue weighted by atomic mass is 9.88. The van der Waals surface area contributed by atoms with E-state index in [0.29, 0.717) is 5.69 Å². The number of primary amides is 1. The third-order valence-corrected chi connectivity index (χ3v) is 3.66. The van der Waals surface area contributed by atoms with Gasteiger partial charge in [0.2, 0.25) is 10.0 Å². The van der Waals surface area contributed by atoms with Crippen LogP contribution in [0, 0.1) is 0 Å². The van der Waals surface area contributed by atoms with Crippen molar-refractivity contribution >= 4 is 21.6 Å². The summed E-state index contributed by atoms with van der Waals surface area (Å²) in [7, 11) is -3.42. The zero-order valence-corrected chi connectivity index (χ0v) is 11.0. The molecule has 18 heavy (non-hydrogen) atoms. The van der Waals surface area contributed by atoms with Gasteiger partial charge in [0.15, 0.2) is 0 Å². The molecule has 2 rings (SSSR count). The second kappa shape index (κ2) is 4.61. The number of nitrogens with two attached hydrogens (primary N) is 1. The molecule has 5 nitrogen and oxygen atoms in total. The molecule has 1 aliphatic rings. The van der Waals surface area contributed by atoms with Crippen LogP contribution in [0.3, 0.4) is 0 Å². The molecule has 0 aromatic heterocycles. The fourth-order valence-electron chi connectivity index (χ4n) is 2.34. The molecule has 1 aromatic carbocycles. The van der Waals surface area contributed by atoms with Crippen molar-refractivity contribution in [2.24, 2.45) is 5.73 Å². The molecule has 6 heteroatoms. The molecule has 1 aliphatic carbocycles. The van der Waals surface area contributed by atoms with E-state index in [1.807, 2.05) is 6.07 Å². The summed E-state index contributed by atoms with van der Waals surface area (Å²) in [5, 5.41) is 0. The molecule has 1 aromatic rings. The van der Waals surface area contributed by atoms with Crippen molar-refractivity contribution in [2.75, 3.05) is 11.0 Å². The van der Waals surface area contributed by atoms with Crippen LogP contribution in [-0.2, 0) is 22.9 Å². The van der Waals surface area contributed by atoms with Gasteiger partial charge in [0.05, 0.1) is 17.5 Å². The van der Waals surface area contributed by atoms with E-state index in [2.05, 4.69) is 4.72 Å². The highest BCUT2D eigenvalue weighted by Crippen LogP contribution is 2.31. The van der Waals surface area contributed by atoms with E-state index in [4.69, 9.17) is 5.73 Å². The smallest absolute Gasteiger partial charge is 0.250 e. The number of hydrogen-bond donors (Lipinski definition) is 2. The number of fused-ring (bicyclic) bond motifs is 1. The number of aryl methyl sites for hydroxylation is 1. The van der Waals surface area contributed by atoms with E-state index in [0.717, 1.165) is 43.1 Å². The molecule has 0 saturated heterocycles. The molecule has 0 saturated carbocycles. The minimum atomic E-state index is -3.42. The minimum absolute atomic E-state index is 0.237. The van der Waals surface area contributed by atoms with Gasteiger partial charge < -0.3 is 5.73 Å². The van der Waals surface area contributed by atoms with Crippen molar-refractivity contribution in [1.29, 1.82) is 0 Å². The van der Waals surface area contributed by atoms with Crippen LogP contribution in [0.15, 0.2) is 12.1 Å². The lowest BCUT2D eigenvalue weighted by molar-refractivity contribution is 0.100. The van der Waals surface area contributed by atoms with Gasteiger partial charge in [0.1, 0.15) is 0 Å². The quantitative estimate of drug-likeness (QED) is 0.858. The zero-order chi connectivity index (χ0) is 13.3. The maximum atomic E-state index is 11.4. The molecule has 0 unspecified atom stereocenters. The van der Waals surface area contributed by atoms with Crippen LogP contribution in [-0.4, -0.2) is 20.6 Å². The number of rotatable bonds is 3. The van der Waals surface area contributed by atoms with Crippen LogP contribution in [0.1, 0.15) is 34.3 Å². The van der Waals surface area contributed by atoms with Gasteiger partial charge >= 0.3 is 0 Å². The number of anilines is 1. The Bertz CT molecular complexity index is 594. The second-order valence-electron chi connectivity index (χ2n) is 4.57. The van der Waals surface area contributed by atoms with E-state index < -0.39 is 15.9 Å². The average Bonchev–Trinajstić information content (AvgIpc) is 2.27. The number of hydrogen-bond acceptors (Lipinski definition) is 3. The third kappa shape index (κ3) is 2.64. The first-order valence-corrected chi connectivity index (χ1v) is 7.70. The van der Waals surface area contributed by atoms with E-state index in [1.165, 1.54) is 0 Å². The van der Waals surface area contributed by atoms with Crippen molar-refractivity contribution in [2.45, 2.75) is 25.7 Å². The maximum Gasteiger partial charge on any atom is 0.250 e. The Balaban J connectivity index is 2.60. The van der Waals surface area contributed by atoms with Crippen molar-refractivity contribution in [3.8, 4) is 0 Å². The van der Waals surface area contributed by atoms with Crippen LogP contribution < -0.4 is 10.5 Å². The van der Waals surface area contributed by atoms with Crippen LogP contribution >= 0.6 is 0 Å². The van der Waals surface area contributed by atoms with Gasteiger partial charge in [-0.05, 0) is 42.9 Å². The first kappa shape index (κ1) is 12.9. The number of amides is 1.